The van der Waals surface area contributed by atoms with Gasteiger partial charge in [0.25, 0.3) is 5.91 Å². The third-order valence-electron chi connectivity index (χ3n) is 4.10. The van der Waals surface area contributed by atoms with Crippen molar-refractivity contribution in [2.45, 2.75) is 51.4 Å². The summed E-state index contributed by atoms with van der Waals surface area (Å²) in [5, 5.41) is 7.13. The minimum absolute atomic E-state index is 0.238. The molecule has 3 rings (SSSR count). The average molecular weight is 341 g/mol. The lowest BCUT2D eigenvalue weighted by Crippen LogP contribution is -2.39. The van der Waals surface area contributed by atoms with Gasteiger partial charge in [-0.1, -0.05) is 0 Å². The van der Waals surface area contributed by atoms with Crippen LogP contribution >= 0.6 is 0 Å². The number of imidazole rings is 1. The standard InChI is InChI=1S/C15H18F3N5O/c1-8(2)23-6-9-3-4-10(5-11(9)22-23)21-14(24)12-13(15(16,17)18)20-7-19-12/h6-8,10H,3-5H2,1-2H3,(H,19,20)(H,21,24). The van der Waals surface area contributed by atoms with E-state index in [0.717, 1.165) is 24.0 Å². The Kier molecular flexibility index (Phi) is 4.10. The van der Waals surface area contributed by atoms with Gasteiger partial charge in [0.15, 0.2) is 11.4 Å². The Morgan fingerprint density at radius 3 is 2.88 bits per heavy atom. The van der Waals surface area contributed by atoms with Gasteiger partial charge >= 0.3 is 6.18 Å². The number of fused-ring (bicyclic) bond motifs is 1. The van der Waals surface area contributed by atoms with Crippen LogP contribution in [0.3, 0.4) is 0 Å². The highest BCUT2D eigenvalue weighted by molar-refractivity contribution is 5.93. The summed E-state index contributed by atoms with van der Waals surface area (Å²) in [7, 11) is 0. The van der Waals surface area contributed by atoms with Crippen LogP contribution < -0.4 is 5.32 Å². The van der Waals surface area contributed by atoms with Crippen LogP contribution in [0, 0.1) is 0 Å². The van der Waals surface area contributed by atoms with Gasteiger partial charge in [-0.2, -0.15) is 18.3 Å². The lowest BCUT2D eigenvalue weighted by Gasteiger charge is -2.22. The number of carbonyl (C=O) groups excluding carboxylic acids is 1. The zero-order valence-corrected chi connectivity index (χ0v) is 13.3. The molecule has 9 heteroatoms. The number of amides is 1. The van der Waals surface area contributed by atoms with E-state index in [9.17, 15) is 18.0 Å². The monoisotopic (exact) mass is 341 g/mol. The molecule has 24 heavy (non-hydrogen) atoms. The minimum atomic E-state index is -4.64. The highest BCUT2D eigenvalue weighted by Gasteiger charge is 2.38. The fourth-order valence-electron chi connectivity index (χ4n) is 2.84. The van der Waals surface area contributed by atoms with Gasteiger partial charge in [0.2, 0.25) is 0 Å². The zero-order valence-electron chi connectivity index (χ0n) is 13.3. The van der Waals surface area contributed by atoms with Gasteiger partial charge in [0.1, 0.15) is 0 Å². The number of nitrogens with one attached hydrogen (secondary N) is 2. The van der Waals surface area contributed by atoms with Gasteiger partial charge in [-0.25, -0.2) is 4.98 Å². The molecule has 1 unspecified atom stereocenters. The number of aryl methyl sites for hydroxylation is 1. The Bertz CT molecular complexity index is 747. The van der Waals surface area contributed by atoms with Crippen molar-refractivity contribution in [1.82, 2.24) is 25.1 Å². The molecule has 1 aliphatic carbocycles. The summed E-state index contributed by atoms with van der Waals surface area (Å²) in [6.07, 6.45) is 0.133. The lowest BCUT2D eigenvalue weighted by molar-refractivity contribution is -0.141. The van der Waals surface area contributed by atoms with Crippen LogP contribution in [0.5, 0.6) is 0 Å². The number of hydrogen-bond acceptors (Lipinski definition) is 3. The van der Waals surface area contributed by atoms with E-state index < -0.39 is 23.5 Å². The van der Waals surface area contributed by atoms with E-state index in [0.29, 0.717) is 12.8 Å². The van der Waals surface area contributed by atoms with Gasteiger partial charge in [-0.15, -0.1) is 0 Å². The van der Waals surface area contributed by atoms with Crippen molar-refractivity contribution in [3.63, 3.8) is 0 Å². The fraction of sp³-hybridized carbons (Fsp3) is 0.533. The van der Waals surface area contributed by atoms with E-state index in [-0.39, 0.29) is 12.1 Å². The van der Waals surface area contributed by atoms with Crippen molar-refractivity contribution in [3.8, 4) is 0 Å². The topological polar surface area (TPSA) is 75.6 Å². The lowest BCUT2D eigenvalue weighted by atomic mass is 9.93. The summed E-state index contributed by atoms with van der Waals surface area (Å²) < 4.78 is 40.4. The van der Waals surface area contributed by atoms with Crippen LogP contribution in [0.15, 0.2) is 12.5 Å². The van der Waals surface area contributed by atoms with Gasteiger partial charge in [-0.3, -0.25) is 9.48 Å². The van der Waals surface area contributed by atoms with Crippen molar-refractivity contribution in [3.05, 3.63) is 35.2 Å². The fourth-order valence-corrected chi connectivity index (χ4v) is 2.84. The number of aromatic amines is 1. The SMILES string of the molecule is CC(C)n1cc2c(n1)CC(NC(=O)c1nc[nH]c1C(F)(F)F)CC2. The van der Waals surface area contributed by atoms with Crippen molar-refractivity contribution >= 4 is 5.91 Å². The Labute approximate surface area is 136 Å². The highest BCUT2D eigenvalue weighted by Crippen LogP contribution is 2.30. The van der Waals surface area contributed by atoms with Crippen LogP contribution in [0.25, 0.3) is 0 Å². The smallest absolute Gasteiger partial charge is 0.347 e. The number of nitrogens with zero attached hydrogens (tertiary/aromatic N) is 3. The molecular formula is C15H18F3N5O. The van der Waals surface area contributed by atoms with E-state index in [4.69, 9.17) is 0 Å². The first-order chi connectivity index (χ1) is 11.3. The normalized spacial score (nSPS) is 17.8. The van der Waals surface area contributed by atoms with Crippen LogP contribution in [0.2, 0.25) is 0 Å². The maximum absolute atomic E-state index is 12.8. The Balaban J connectivity index is 1.71. The first-order valence-corrected chi connectivity index (χ1v) is 7.74. The molecule has 0 radical (unpaired) electrons. The molecular weight excluding hydrogens is 323 g/mol. The molecule has 1 amide bonds. The summed E-state index contributed by atoms with van der Waals surface area (Å²) >= 11 is 0. The number of carbonyl (C=O) groups is 1. The second-order valence-electron chi connectivity index (χ2n) is 6.21. The number of alkyl halides is 3. The quantitative estimate of drug-likeness (QED) is 0.901. The molecule has 2 heterocycles. The first kappa shape index (κ1) is 16.5. The van der Waals surface area contributed by atoms with Crippen LogP contribution in [0.1, 0.15) is 53.7 Å². The number of halogens is 3. The predicted octanol–water partition coefficient (Wildman–Crippen LogP) is 2.49. The second-order valence-corrected chi connectivity index (χ2v) is 6.21. The molecule has 2 aromatic rings. The molecule has 0 fully saturated rings. The minimum Gasteiger partial charge on any atom is -0.347 e. The van der Waals surface area contributed by atoms with Crippen LogP contribution in [-0.2, 0) is 19.0 Å². The second kappa shape index (κ2) is 5.95. The molecule has 6 nitrogen and oxygen atoms in total. The Hall–Kier alpha value is -2.32. The summed E-state index contributed by atoms with van der Waals surface area (Å²) in [5.41, 5.74) is 0.268. The van der Waals surface area contributed by atoms with Gasteiger partial charge < -0.3 is 10.3 Å². The van der Waals surface area contributed by atoms with Crippen molar-refractivity contribution in [2.24, 2.45) is 0 Å². The van der Waals surface area contributed by atoms with Crippen molar-refractivity contribution in [2.75, 3.05) is 0 Å². The Morgan fingerprint density at radius 1 is 1.46 bits per heavy atom. The molecule has 1 atom stereocenters. The zero-order chi connectivity index (χ0) is 17.5. The van der Waals surface area contributed by atoms with Gasteiger partial charge in [0.05, 0.1) is 12.0 Å². The highest BCUT2D eigenvalue weighted by atomic mass is 19.4. The van der Waals surface area contributed by atoms with Crippen molar-refractivity contribution in [1.29, 1.82) is 0 Å². The van der Waals surface area contributed by atoms with Gasteiger partial charge in [-0.05, 0) is 32.3 Å². The van der Waals surface area contributed by atoms with E-state index in [2.05, 4.69) is 15.4 Å². The van der Waals surface area contributed by atoms with Gasteiger partial charge in [0, 0.05) is 24.7 Å². The number of rotatable bonds is 3. The molecule has 1 aliphatic rings. The molecule has 130 valence electrons. The number of aromatic nitrogens is 4. The number of H-pyrrole nitrogens is 1. The van der Waals surface area contributed by atoms with E-state index in [1.165, 1.54) is 0 Å². The summed E-state index contributed by atoms with van der Waals surface area (Å²) in [5.74, 6) is -0.819. The molecule has 0 saturated carbocycles. The summed E-state index contributed by atoms with van der Waals surface area (Å²) in [6.45, 7) is 4.04. The molecule has 2 aromatic heterocycles. The third kappa shape index (κ3) is 3.15. The molecule has 0 spiro atoms. The molecule has 0 bridgehead atoms. The van der Waals surface area contributed by atoms with Crippen molar-refractivity contribution < 1.29 is 18.0 Å². The maximum Gasteiger partial charge on any atom is 0.433 e. The Morgan fingerprint density at radius 2 is 2.21 bits per heavy atom. The van der Waals surface area contributed by atoms with E-state index >= 15 is 0 Å². The molecule has 0 aromatic carbocycles. The largest absolute Gasteiger partial charge is 0.433 e. The van der Waals surface area contributed by atoms with E-state index in [1.54, 1.807) is 0 Å². The predicted molar refractivity (Wildman–Crippen MR) is 79.5 cm³/mol. The first-order valence-electron chi connectivity index (χ1n) is 7.74. The van der Waals surface area contributed by atoms with Crippen LogP contribution in [-0.4, -0.2) is 31.7 Å². The average Bonchev–Trinajstić information content (AvgIpc) is 3.13. The third-order valence-corrected chi connectivity index (χ3v) is 4.10. The van der Waals surface area contributed by atoms with Crippen LogP contribution in [0.4, 0.5) is 13.2 Å². The maximum atomic E-state index is 12.8. The summed E-state index contributed by atoms with van der Waals surface area (Å²) in [4.78, 5) is 17.6. The molecule has 2 N–H and O–H groups in total. The molecule has 0 aliphatic heterocycles. The number of hydrogen-bond donors (Lipinski definition) is 2. The van der Waals surface area contributed by atoms with E-state index in [1.807, 2.05) is 29.7 Å². The summed E-state index contributed by atoms with van der Waals surface area (Å²) in [6, 6.07) is -0.0136. The molecule has 0 saturated heterocycles.